The van der Waals surface area contributed by atoms with E-state index >= 15 is 0 Å². The number of hydrogen-bond donors (Lipinski definition) is 1. The molecule has 188 valence electrons. The summed E-state index contributed by atoms with van der Waals surface area (Å²) in [4.78, 5) is 34.5. The number of hydrogen-bond acceptors (Lipinski definition) is 5. The number of nitrogens with zero attached hydrogens (tertiary/aromatic N) is 3. The number of pyridine rings is 1. The van der Waals surface area contributed by atoms with E-state index in [0.29, 0.717) is 54.3 Å². The maximum absolute atomic E-state index is 13.2. The lowest BCUT2D eigenvalue weighted by atomic mass is 10.1. The number of anilines is 1. The smallest absolute Gasteiger partial charge is 0.253 e. The summed E-state index contributed by atoms with van der Waals surface area (Å²) < 4.78 is 16.0. The minimum absolute atomic E-state index is 0.0664. The van der Waals surface area contributed by atoms with Crippen molar-refractivity contribution in [2.45, 2.75) is 17.7 Å². The zero-order valence-electron chi connectivity index (χ0n) is 20.4. The zero-order chi connectivity index (χ0) is 25.6. The molecule has 8 heteroatoms. The van der Waals surface area contributed by atoms with Crippen molar-refractivity contribution in [3.63, 3.8) is 0 Å². The number of fused-ring (bicyclic) bond motifs is 1. The van der Waals surface area contributed by atoms with E-state index in [0.717, 1.165) is 17.4 Å². The lowest BCUT2D eigenvalue weighted by Crippen LogP contribution is -2.38. The first-order valence-corrected chi connectivity index (χ1v) is 13.5. The van der Waals surface area contributed by atoms with Gasteiger partial charge in [-0.2, -0.15) is 0 Å². The third kappa shape index (κ3) is 5.93. The molecule has 37 heavy (non-hydrogen) atoms. The topological polar surface area (TPSA) is 88.6 Å². The van der Waals surface area contributed by atoms with E-state index in [1.807, 2.05) is 59.5 Å². The molecule has 2 amide bonds. The highest BCUT2D eigenvalue weighted by molar-refractivity contribution is 7.93. The Bertz CT molecular complexity index is 1380. The van der Waals surface area contributed by atoms with Gasteiger partial charge in [-0.1, -0.05) is 48.5 Å². The number of carbonyl (C=O) groups is 2. The fourth-order valence-electron chi connectivity index (χ4n) is 4.50. The molecule has 1 N–H and O–H groups in total. The van der Waals surface area contributed by atoms with E-state index < -0.39 is 11.4 Å². The SMILES string of the molecule is O=C(Cc1ccccc1)N1CCCN(C(=O)c2ccc(N[S+]([O-])c3cccc4cccnc34)cc2)CC1. The Morgan fingerprint density at radius 1 is 0.838 bits per heavy atom. The largest absolute Gasteiger partial charge is 0.588 e. The third-order valence-electron chi connectivity index (χ3n) is 6.47. The lowest BCUT2D eigenvalue weighted by molar-refractivity contribution is -0.130. The zero-order valence-corrected chi connectivity index (χ0v) is 21.2. The number of rotatable bonds is 6. The van der Waals surface area contributed by atoms with Crippen molar-refractivity contribution < 1.29 is 14.1 Å². The number of benzene rings is 3. The molecule has 1 aliphatic heterocycles. The Kier molecular flexibility index (Phi) is 7.67. The summed E-state index contributed by atoms with van der Waals surface area (Å²) in [5.74, 6) is 0.0219. The average molecular weight is 513 g/mol. The van der Waals surface area contributed by atoms with Gasteiger partial charge in [-0.15, -0.1) is 0 Å². The van der Waals surface area contributed by atoms with Crippen molar-refractivity contribution in [1.82, 2.24) is 14.8 Å². The second-order valence-corrected chi connectivity index (χ2v) is 10.1. The van der Waals surface area contributed by atoms with Crippen LogP contribution in [0.1, 0.15) is 22.3 Å². The molecule has 1 aliphatic rings. The molecule has 1 aromatic heterocycles. The van der Waals surface area contributed by atoms with Gasteiger partial charge in [0.05, 0.1) is 12.1 Å². The molecule has 1 atom stereocenters. The molecule has 4 aromatic rings. The summed E-state index contributed by atoms with van der Waals surface area (Å²) in [6, 6.07) is 26.1. The van der Waals surface area contributed by atoms with E-state index in [1.54, 1.807) is 41.4 Å². The molecule has 2 heterocycles. The van der Waals surface area contributed by atoms with Crippen molar-refractivity contribution >= 4 is 39.8 Å². The number of nitrogens with one attached hydrogen (secondary N) is 1. The highest BCUT2D eigenvalue weighted by Gasteiger charge is 2.23. The Morgan fingerprint density at radius 2 is 1.57 bits per heavy atom. The van der Waals surface area contributed by atoms with Gasteiger partial charge in [-0.05, 0) is 48.4 Å². The van der Waals surface area contributed by atoms with Gasteiger partial charge in [0.25, 0.3) is 5.91 Å². The van der Waals surface area contributed by atoms with Crippen molar-refractivity contribution in [2.24, 2.45) is 0 Å². The van der Waals surface area contributed by atoms with Gasteiger partial charge >= 0.3 is 0 Å². The van der Waals surface area contributed by atoms with E-state index in [4.69, 9.17) is 0 Å². The van der Waals surface area contributed by atoms with Crippen LogP contribution in [-0.2, 0) is 22.6 Å². The molecule has 7 nitrogen and oxygen atoms in total. The van der Waals surface area contributed by atoms with Gasteiger partial charge in [0, 0.05) is 43.3 Å². The summed E-state index contributed by atoms with van der Waals surface area (Å²) in [5, 5.41) is 0.925. The minimum atomic E-state index is -1.50. The van der Waals surface area contributed by atoms with Crippen molar-refractivity contribution in [3.8, 4) is 0 Å². The number of aromatic nitrogens is 1. The van der Waals surface area contributed by atoms with Crippen LogP contribution in [0.3, 0.4) is 0 Å². The second-order valence-electron chi connectivity index (χ2n) is 8.97. The summed E-state index contributed by atoms with van der Waals surface area (Å²) in [6.07, 6.45) is 2.80. The summed E-state index contributed by atoms with van der Waals surface area (Å²) in [6.45, 7) is 2.27. The molecule has 0 radical (unpaired) electrons. The van der Waals surface area contributed by atoms with Crippen LogP contribution in [0.15, 0.2) is 96.0 Å². The number of para-hydroxylation sites is 1. The molecular weight excluding hydrogens is 484 g/mol. The van der Waals surface area contributed by atoms with Crippen LogP contribution in [0.4, 0.5) is 5.69 Å². The molecule has 0 spiro atoms. The van der Waals surface area contributed by atoms with Crippen LogP contribution in [0.2, 0.25) is 0 Å². The molecule has 1 saturated heterocycles. The first-order chi connectivity index (χ1) is 18.1. The fourth-order valence-corrected chi connectivity index (χ4v) is 5.51. The van der Waals surface area contributed by atoms with Gasteiger partial charge in [0.1, 0.15) is 16.9 Å². The van der Waals surface area contributed by atoms with Gasteiger partial charge < -0.3 is 14.4 Å². The molecule has 0 saturated carbocycles. The normalized spacial score (nSPS) is 14.7. The van der Waals surface area contributed by atoms with E-state index in [-0.39, 0.29) is 11.8 Å². The Morgan fingerprint density at radius 3 is 2.38 bits per heavy atom. The van der Waals surface area contributed by atoms with Gasteiger partial charge in [0.2, 0.25) is 10.8 Å². The second kappa shape index (κ2) is 11.5. The van der Waals surface area contributed by atoms with Crippen LogP contribution < -0.4 is 4.72 Å². The minimum Gasteiger partial charge on any atom is -0.588 e. The predicted molar refractivity (Wildman–Crippen MR) is 145 cm³/mol. The molecule has 3 aromatic carbocycles. The Hall–Kier alpha value is -3.88. The van der Waals surface area contributed by atoms with Crippen molar-refractivity contribution in [2.75, 3.05) is 30.9 Å². The first kappa shape index (κ1) is 24.8. The average Bonchev–Trinajstić information content (AvgIpc) is 3.20. The lowest BCUT2D eigenvalue weighted by Gasteiger charge is -2.22. The van der Waals surface area contributed by atoms with Crippen molar-refractivity contribution in [3.05, 3.63) is 102 Å². The Balaban J connectivity index is 1.19. The molecule has 0 aliphatic carbocycles. The van der Waals surface area contributed by atoms with Gasteiger partial charge in [-0.25, -0.2) is 4.72 Å². The fraction of sp³-hybridized carbons (Fsp3) is 0.207. The highest BCUT2D eigenvalue weighted by Crippen LogP contribution is 2.23. The maximum atomic E-state index is 13.2. The maximum Gasteiger partial charge on any atom is 0.253 e. The quantitative estimate of drug-likeness (QED) is 0.390. The van der Waals surface area contributed by atoms with Crippen LogP contribution in [0.25, 0.3) is 10.9 Å². The standard InChI is InChI=1S/C29H28N4O3S/c34-27(21-22-7-2-1-3-8-22)32-17-6-18-33(20-19-32)29(35)24-12-14-25(15-13-24)31-37(36)26-11-4-9-23-10-5-16-30-28(23)26/h1-5,7-16,31H,6,17-21H2. The monoisotopic (exact) mass is 512 g/mol. The summed E-state index contributed by atoms with van der Waals surface area (Å²) >= 11 is -1.50. The van der Waals surface area contributed by atoms with Crippen LogP contribution >= 0.6 is 0 Å². The van der Waals surface area contributed by atoms with Crippen LogP contribution in [0.5, 0.6) is 0 Å². The van der Waals surface area contributed by atoms with E-state index in [2.05, 4.69) is 9.71 Å². The Labute approximate surface area is 219 Å². The molecule has 0 bridgehead atoms. The predicted octanol–water partition coefficient (Wildman–Crippen LogP) is 4.29. The molecule has 1 unspecified atom stereocenters. The van der Waals surface area contributed by atoms with Gasteiger partial charge in [-0.3, -0.25) is 14.6 Å². The van der Waals surface area contributed by atoms with E-state index in [1.165, 1.54) is 0 Å². The molecule has 5 rings (SSSR count). The van der Waals surface area contributed by atoms with Crippen LogP contribution in [0, 0.1) is 0 Å². The summed E-state index contributed by atoms with van der Waals surface area (Å²) in [7, 11) is 0. The first-order valence-electron chi connectivity index (χ1n) is 12.3. The van der Waals surface area contributed by atoms with Gasteiger partial charge in [0.15, 0.2) is 0 Å². The molecular formula is C29H28N4O3S. The number of carbonyl (C=O) groups excluding carboxylic acids is 2. The van der Waals surface area contributed by atoms with E-state index in [9.17, 15) is 14.1 Å². The highest BCUT2D eigenvalue weighted by atomic mass is 32.2. The third-order valence-corrected chi connectivity index (χ3v) is 7.62. The van der Waals surface area contributed by atoms with Crippen molar-refractivity contribution in [1.29, 1.82) is 0 Å². The molecule has 1 fully saturated rings. The summed E-state index contributed by atoms with van der Waals surface area (Å²) in [5.41, 5.74) is 2.90. The van der Waals surface area contributed by atoms with Crippen LogP contribution in [-0.4, -0.2) is 57.3 Å². The number of amides is 2.